The van der Waals surface area contributed by atoms with Crippen molar-refractivity contribution in [2.45, 2.75) is 24.4 Å². The normalized spacial score (nSPS) is 37.7. The molecule has 0 saturated carbocycles. The zero-order valence-corrected chi connectivity index (χ0v) is 13.3. The number of phenols is 1. The average molecular weight is 369 g/mol. The Balaban J connectivity index is 0.00000168. The van der Waals surface area contributed by atoms with Crippen LogP contribution in [0.5, 0.6) is 17.2 Å². The molecule has 3 N–H and O–H groups in total. The Bertz CT molecular complexity index is 903. The first kappa shape index (κ1) is 15.2. The van der Waals surface area contributed by atoms with Gasteiger partial charge in [-0.3, -0.25) is 9.36 Å². The molecule has 4 aliphatic rings. The molecule has 25 heavy (non-hydrogen) atoms. The fourth-order valence-corrected chi connectivity index (χ4v) is 4.76. The molecule has 0 radical (unpaired) electrons. The average Bonchev–Trinajstić information content (AvgIpc) is 3.12. The van der Waals surface area contributed by atoms with E-state index in [2.05, 4.69) is 5.32 Å². The van der Waals surface area contributed by atoms with Crippen molar-refractivity contribution in [3.8, 4) is 17.2 Å². The maximum Gasteiger partial charge on any atom is 1.00 e. The van der Waals surface area contributed by atoms with Crippen LogP contribution in [0.25, 0.3) is 5.57 Å². The first-order valence-corrected chi connectivity index (χ1v) is 8.86. The number of aromatic hydroxyl groups is 1. The lowest BCUT2D eigenvalue weighted by atomic mass is 9.79. The van der Waals surface area contributed by atoms with Crippen molar-refractivity contribution in [3.05, 3.63) is 23.3 Å². The summed E-state index contributed by atoms with van der Waals surface area (Å²) in [5.74, 6) is -0.692. The van der Waals surface area contributed by atoms with Gasteiger partial charge in [0.1, 0.15) is 18.3 Å². The Labute approximate surface area is 141 Å². The minimum atomic E-state index is -4.56. The number of aliphatic hydroxyl groups excluding tert-OH is 1. The van der Waals surface area contributed by atoms with Gasteiger partial charge in [-0.2, -0.15) is 0 Å². The fourth-order valence-electron chi connectivity index (χ4n) is 3.62. The molecule has 0 bridgehead atoms. The zero-order valence-electron chi connectivity index (χ0n) is 13.4. The van der Waals surface area contributed by atoms with E-state index < -0.39 is 38.1 Å². The van der Waals surface area contributed by atoms with Crippen molar-refractivity contribution >= 4 is 19.3 Å². The highest BCUT2D eigenvalue weighted by Crippen LogP contribution is 2.55. The number of hydrogen-bond acceptors (Lipinski definition) is 9. The summed E-state index contributed by atoms with van der Waals surface area (Å²) in [6.07, 6.45) is -2.15. The van der Waals surface area contributed by atoms with E-state index in [0.29, 0.717) is 11.1 Å². The summed E-state index contributed by atoms with van der Waals surface area (Å²) < 4.78 is 31.7. The number of ether oxygens (including phenoxy) is 2. The molecule has 5 atom stereocenters. The van der Waals surface area contributed by atoms with Crippen LogP contribution in [0.15, 0.2) is 12.1 Å². The van der Waals surface area contributed by atoms with Crippen LogP contribution in [0.2, 0.25) is 0 Å². The molecule has 132 valence electrons. The van der Waals surface area contributed by atoms with Crippen molar-refractivity contribution in [1.82, 2.24) is 5.32 Å². The molecule has 5 rings (SSSR count). The highest BCUT2D eigenvalue weighted by Gasteiger charge is 2.52. The van der Waals surface area contributed by atoms with Gasteiger partial charge in [0, 0.05) is 5.56 Å². The maximum absolute atomic E-state index is 12.5. The highest BCUT2D eigenvalue weighted by atomic mass is 31.2. The topological polar surface area (TPSA) is 147 Å². The van der Waals surface area contributed by atoms with Crippen LogP contribution < -0.4 is 19.7 Å². The SMILES string of the molecule is O=C1N[C@@H]2C(=C[C@H](O)[C@H]3OP(=O)([O-])O[C@H]32)c2cc3c(c(O)c21)OCO3.[H+]. The lowest BCUT2D eigenvalue weighted by Gasteiger charge is -2.38. The molecule has 11 heteroatoms. The molecular formula is C14H12NO9P. The molecule has 1 aromatic rings. The lowest BCUT2D eigenvalue weighted by Crippen LogP contribution is -2.55. The van der Waals surface area contributed by atoms with Gasteiger partial charge in [-0.05, 0) is 17.7 Å². The number of phosphoric acid groups is 1. The lowest BCUT2D eigenvalue weighted by molar-refractivity contribution is -0.216. The fraction of sp³-hybridized carbons (Fsp3) is 0.357. The van der Waals surface area contributed by atoms with Crippen molar-refractivity contribution in [3.63, 3.8) is 0 Å². The van der Waals surface area contributed by atoms with Crippen molar-refractivity contribution < 1.29 is 44.4 Å². The first-order chi connectivity index (χ1) is 11.9. The van der Waals surface area contributed by atoms with Crippen LogP contribution in [0.1, 0.15) is 17.3 Å². The summed E-state index contributed by atoms with van der Waals surface area (Å²) in [5, 5.41) is 23.2. The number of rotatable bonds is 0. The Morgan fingerprint density at radius 2 is 2.08 bits per heavy atom. The van der Waals surface area contributed by atoms with Crippen molar-refractivity contribution in [2.24, 2.45) is 0 Å². The van der Waals surface area contributed by atoms with E-state index in [4.69, 9.17) is 18.5 Å². The number of nitrogens with one attached hydrogen (secondary N) is 1. The van der Waals surface area contributed by atoms with E-state index in [1.165, 1.54) is 12.1 Å². The first-order valence-electron chi connectivity index (χ1n) is 7.40. The molecule has 1 aliphatic carbocycles. The Kier molecular flexibility index (Phi) is 2.88. The molecular weight excluding hydrogens is 357 g/mol. The summed E-state index contributed by atoms with van der Waals surface area (Å²) in [4.78, 5) is 24.1. The van der Waals surface area contributed by atoms with Gasteiger partial charge >= 0.3 is 1.43 Å². The molecule has 1 amide bonds. The third kappa shape index (κ3) is 2.00. The Hall–Kier alpha value is -2.10. The van der Waals surface area contributed by atoms with E-state index in [0.717, 1.165) is 0 Å². The number of carbonyl (C=O) groups is 1. The van der Waals surface area contributed by atoms with E-state index in [-0.39, 0.29) is 31.0 Å². The number of amides is 1. The molecule has 3 aliphatic heterocycles. The number of hydrogen-bond donors (Lipinski definition) is 3. The van der Waals surface area contributed by atoms with Gasteiger partial charge in [-0.15, -0.1) is 0 Å². The quantitative estimate of drug-likeness (QED) is 0.508. The molecule has 3 heterocycles. The number of aliphatic hydroxyl groups is 1. The van der Waals surface area contributed by atoms with E-state index in [1.807, 2.05) is 0 Å². The Morgan fingerprint density at radius 3 is 2.88 bits per heavy atom. The summed E-state index contributed by atoms with van der Waals surface area (Å²) in [7, 11) is -4.56. The predicted molar refractivity (Wildman–Crippen MR) is 77.9 cm³/mol. The maximum atomic E-state index is 12.5. The standard InChI is InChI=1S/C14H12NO9P/c16-6-1-5-4-2-7-12(22-3-21-7)10(17)8(4)14(18)15-9(5)13-11(6)23-25(19,20)24-13/h1-2,6,9,11,13,16-17H,3H2,(H,15,18)(H,19,20)/t6-,9+,11+,13-/m0/s1. The van der Waals surface area contributed by atoms with Crippen LogP contribution >= 0.6 is 7.82 Å². The molecule has 1 fully saturated rings. The smallest absolute Gasteiger partial charge is 0.756 e. The van der Waals surface area contributed by atoms with Crippen LogP contribution in [0.4, 0.5) is 0 Å². The minimum Gasteiger partial charge on any atom is -0.756 e. The van der Waals surface area contributed by atoms with Gasteiger partial charge < -0.3 is 38.9 Å². The predicted octanol–water partition coefficient (Wildman–Crippen LogP) is -0.644. The van der Waals surface area contributed by atoms with Crippen molar-refractivity contribution in [2.75, 3.05) is 6.79 Å². The molecule has 1 aromatic carbocycles. The van der Waals surface area contributed by atoms with Gasteiger partial charge in [0.2, 0.25) is 12.5 Å². The minimum absolute atomic E-state index is 0. The van der Waals surface area contributed by atoms with Crippen LogP contribution in [-0.2, 0) is 13.6 Å². The summed E-state index contributed by atoms with van der Waals surface area (Å²) in [6, 6.07) is 0.646. The van der Waals surface area contributed by atoms with Gasteiger partial charge in [-0.1, -0.05) is 0 Å². The van der Waals surface area contributed by atoms with Crippen molar-refractivity contribution in [1.29, 1.82) is 0 Å². The molecule has 10 nitrogen and oxygen atoms in total. The second-order valence-electron chi connectivity index (χ2n) is 6.03. The monoisotopic (exact) mass is 369 g/mol. The summed E-state index contributed by atoms with van der Waals surface area (Å²) in [5.41, 5.74) is 0.674. The summed E-state index contributed by atoms with van der Waals surface area (Å²) >= 11 is 0. The molecule has 1 unspecified atom stereocenters. The highest BCUT2D eigenvalue weighted by molar-refractivity contribution is 7.46. The molecule has 0 spiro atoms. The van der Waals surface area contributed by atoms with Crippen LogP contribution in [-0.4, -0.2) is 47.3 Å². The number of fused-ring (bicyclic) bond motifs is 6. The number of phenolic OH excluding ortho intramolecular Hbond substituents is 1. The van der Waals surface area contributed by atoms with E-state index >= 15 is 0 Å². The third-order valence-electron chi connectivity index (χ3n) is 4.64. The zero-order chi connectivity index (χ0) is 17.5. The largest absolute Gasteiger partial charge is 1.00 e. The second-order valence-corrected chi connectivity index (χ2v) is 7.35. The number of benzene rings is 1. The van der Waals surface area contributed by atoms with Crippen LogP contribution in [0.3, 0.4) is 0 Å². The van der Waals surface area contributed by atoms with Gasteiger partial charge in [0.15, 0.2) is 11.5 Å². The third-order valence-corrected chi connectivity index (χ3v) is 5.64. The van der Waals surface area contributed by atoms with Gasteiger partial charge in [0.25, 0.3) is 13.7 Å². The molecule has 0 aromatic heterocycles. The van der Waals surface area contributed by atoms with E-state index in [1.54, 1.807) is 0 Å². The number of carbonyl (C=O) groups excluding carboxylic acids is 1. The van der Waals surface area contributed by atoms with E-state index in [9.17, 15) is 24.5 Å². The second kappa shape index (κ2) is 4.75. The Morgan fingerprint density at radius 1 is 1.32 bits per heavy atom. The van der Waals surface area contributed by atoms with Crippen LogP contribution in [0, 0.1) is 0 Å². The summed E-state index contributed by atoms with van der Waals surface area (Å²) in [6.45, 7) is -0.0977. The molecule has 1 saturated heterocycles. The van der Waals surface area contributed by atoms with Gasteiger partial charge in [0.05, 0.1) is 11.6 Å². The number of phosphoric ester groups is 1. The van der Waals surface area contributed by atoms with Gasteiger partial charge in [-0.25, -0.2) is 0 Å².